The first-order valence-corrected chi connectivity index (χ1v) is 7.07. The van der Waals surface area contributed by atoms with E-state index in [1.807, 2.05) is 19.1 Å². The standard InChI is InChI=1S/C17H16F2N2O2/c1-2-12-6-8-13(9-7-12)23-11-17(22)21-20-10-14-15(18)4-3-5-16(14)19/h3-10H,2,11H2,1H3,(H,21,22)/b20-10-. The Kier molecular flexibility index (Phi) is 5.80. The van der Waals surface area contributed by atoms with E-state index in [2.05, 4.69) is 10.5 Å². The summed E-state index contributed by atoms with van der Waals surface area (Å²) in [5.41, 5.74) is 3.00. The number of ether oxygens (including phenoxy) is 1. The van der Waals surface area contributed by atoms with E-state index in [-0.39, 0.29) is 12.2 Å². The van der Waals surface area contributed by atoms with Gasteiger partial charge in [0.15, 0.2) is 6.61 Å². The number of benzene rings is 2. The fraction of sp³-hybridized carbons (Fsp3) is 0.176. The zero-order valence-corrected chi connectivity index (χ0v) is 12.6. The maximum atomic E-state index is 13.3. The van der Waals surface area contributed by atoms with E-state index in [1.54, 1.807) is 12.1 Å². The molecule has 0 saturated heterocycles. The summed E-state index contributed by atoms with van der Waals surface area (Å²) < 4.78 is 32.0. The van der Waals surface area contributed by atoms with Gasteiger partial charge in [-0.25, -0.2) is 14.2 Å². The average molecular weight is 318 g/mol. The topological polar surface area (TPSA) is 50.7 Å². The first-order valence-electron chi connectivity index (χ1n) is 7.07. The zero-order chi connectivity index (χ0) is 16.7. The lowest BCUT2D eigenvalue weighted by atomic mass is 10.2. The van der Waals surface area contributed by atoms with E-state index >= 15 is 0 Å². The molecule has 2 aromatic rings. The molecule has 0 atom stereocenters. The van der Waals surface area contributed by atoms with Crippen molar-refractivity contribution in [2.75, 3.05) is 6.61 Å². The number of carbonyl (C=O) groups excluding carboxylic acids is 1. The molecular formula is C17H16F2N2O2. The van der Waals surface area contributed by atoms with Gasteiger partial charge in [-0.1, -0.05) is 25.1 Å². The van der Waals surface area contributed by atoms with Gasteiger partial charge < -0.3 is 4.74 Å². The Morgan fingerprint density at radius 3 is 2.43 bits per heavy atom. The molecule has 0 heterocycles. The third kappa shape index (κ3) is 4.88. The first-order chi connectivity index (χ1) is 11.1. The minimum absolute atomic E-state index is 0.247. The molecule has 0 saturated carbocycles. The van der Waals surface area contributed by atoms with Gasteiger partial charge in [0.05, 0.1) is 11.8 Å². The summed E-state index contributed by atoms with van der Waals surface area (Å²) in [5.74, 6) is -1.48. The molecule has 0 fully saturated rings. The summed E-state index contributed by atoms with van der Waals surface area (Å²) in [7, 11) is 0. The Labute approximate surface area is 132 Å². The van der Waals surface area contributed by atoms with Gasteiger partial charge in [-0.15, -0.1) is 0 Å². The summed E-state index contributed by atoms with van der Waals surface area (Å²) in [6.07, 6.45) is 1.83. The third-order valence-corrected chi connectivity index (χ3v) is 3.08. The van der Waals surface area contributed by atoms with Crippen molar-refractivity contribution in [3.8, 4) is 5.75 Å². The van der Waals surface area contributed by atoms with Crippen LogP contribution in [0.1, 0.15) is 18.1 Å². The lowest BCUT2D eigenvalue weighted by Gasteiger charge is -2.05. The van der Waals surface area contributed by atoms with Crippen LogP contribution in [0.5, 0.6) is 5.75 Å². The van der Waals surface area contributed by atoms with Crippen LogP contribution in [0.2, 0.25) is 0 Å². The van der Waals surface area contributed by atoms with Crippen LogP contribution in [0.4, 0.5) is 8.78 Å². The number of nitrogens with one attached hydrogen (secondary N) is 1. The van der Waals surface area contributed by atoms with Crippen LogP contribution in [-0.2, 0) is 11.2 Å². The fourth-order valence-corrected chi connectivity index (χ4v) is 1.81. The lowest BCUT2D eigenvalue weighted by Crippen LogP contribution is -2.24. The highest BCUT2D eigenvalue weighted by molar-refractivity contribution is 5.83. The van der Waals surface area contributed by atoms with Gasteiger partial charge in [0.2, 0.25) is 0 Å². The Hall–Kier alpha value is -2.76. The minimum Gasteiger partial charge on any atom is -0.484 e. The highest BCUT2D eigenvalue weighted by atomic mass is 19.1. The minimum atomic E-state index is -0.754. The molecule has 4 nitrogen and oxygen atoms in total. The molecule has 6 heteroatoms. The number of hydrazone groups is 1. The highest BCUT2D eigenvalue weighted by Crippen LogP contribution is 2.12. The van der Waals surface area contributed by atoms with Gasteiger partial charge in [-0.05, 0) is 36.2 Å². The number of nitrogens with zero attached hydrogens (tertiary/aromatic N) is 1. The Morgan fingerprint density at radius 2 is 1.83 bits per heavy atom. The van der Waals surface area contributed by atoms with Crippen molar-refractivity contribution in [2.45, 2.75) is 13.3 Å². The smallest absolute Gasteiger partial charge is 0.277 e. The quantitative estimate of drug-likeness (QED) is 0.657. The first kappa shape index (κ1) is 16.6. The summed E-state index contributed by atoms with van der Waals surface area (Å²) in [5, 5.41) is 3.52. The Morgan fingerprint density at radius 1 is 1.17 bits per heavy atom. The molecule has 0 aromatic heterocycles. The van der Waals surface area contributed by atoms with Crippen molar-refractivity contribution < 1.29 is 18.3 Å². The van der Waals surface area contributed by atoms with Gasteiger partial charge in [0, 0.05) is 0 Å². The molecule has 0 aliphatic rings. The van der Waals surface area contributed by atoms with Crippen molar-refractivity contribution in [3.05, 3.63) is 65.2 Å². The Balaban J connectivity index is 1.84. The maximum Gasteiger partial charge on any atom is 0.277 e. The number of hydrogen-bond donors (Lipinski definition) is 1. The van der Waals surface area contributed by atoms with E-state index in [0.717, 1.165) is 24.8 Å². The van der Waals surface area contributed by atoms with Crippen LogP contribution in [0.25, 0.3) is 0 Å². The van der Waals surface area contributed by atoms with Crippen molar-refractivity contribution in [3.63, 3.8) is 0 Å². The van der Waals surface area contributed by atoms with E-state index < -0.39 is 17.5 Å². The molecule has 0 spiro atoms. The summed E-state index contributed by atoms with van der Waals surface area (Å²) in [6, 6.07) is 10.8. The fourth-order valence-electron chi connectivity index (χ4n) is 1.81. The zero-order valence-electron chi connectivity index (χ0n) is 12.6. The molecule has 23 heavy (non-hydrogen) atoms. The largest absolute Gasteiger partial charge is 0.484 e. The SMILES string of the molecule is CCc1ccc(OCC(=O)N/N=C\c2c(F)cccc2F)cc1. The lowest BCUT2D eigenvalue weighted by molar-refractivity contribution is -0.123. The van der Waals surface area contributed by atoms with Crippen LogP contribution in [0.3, 0.4) is 0 Å². The second kappa shape index (κ2) is 8.03. The monoisotopic (exact) mass is 318 g/mol. The van der Waals surface area contributed by atoms with Gasteiger partial charge in [-0.3, -0.25) is 4.79 Å². The molecule has 1 amide bonds. The summed E-state index contributed by atoms with van der Waals surface area (Å²) >= 11 is 0. The number of carbonyl (C=O) groups is 1. The number of amides is 1. The maximum absolute atomic E-state index is 13.3. The Bertz CT molecular complexity index is 680. The molecule has 1 N–H and O–H groups in total. The second-order valence-electron chi connectivity index (χ2n) is 4.71. The van der Waals surface area contributed by atoms with E-state index in [1.165, 1.54) is 11.6 Å². The van der Waals surface area contributed by atoms with Crippen molar-refractivity contribution in [1.82, 2.24) is 5.43 Å². The van der Waals surface area contributed by atoms with Crippen LogP contribution in [-0.4, -0.2) is 18.7 Å². The molecule has 2 aromatic carbocycles. The molecular weight excluding hydrogens is 302 g/mol. The molecule has 0 radical (unpaired) electrons. The normalized spacial score (nSPS) is 10.7. The third-order valence-electron chi connectivity index (χ3n) is 3.08. The molecule has 0 bridgehead atoms. The number of halogens is 2. The van der Waals surface area contributed by atoms with E-state index in [4.69, 9.17) is 4.74 Å². The van der Waals surface area contributed by atoms with Gasteiger partial charge in [0.1, 0.15) is 17.4 Å². The second-order valence-corrected chi connectivity index (χ2v) is 4.71. The van der Waals surface area contributed by atoms with E-state index in [0.29, 0.717) is 5.75 Å². The van der Waals surface area contributed by atoms with Crippen molar-refractivity contribution in [1.29, 1.82) is 0 Å². The molecule has 0 aliphatic heterocycles. The summed E-state index contributed by atoms with van der Waals surface area (Å²) in [4.78, 5) is 11.6. The number of aryl methyl sites for hydroxylation is 1. The van der Waals surface area contributed by atoms with Crippen LogP contribution < -0.4 is 10.2 Å². The molecule has 2 rings (SSSR count). The van der Waals surface area contributed by atoms with Crippen LogP contribution in [0, 0.1) is 11.6 Å². The average Bonchev–Trinajstić information content (AvgIpc) is 2.56. The van der Waals surface area contributed by atoms with Crippen LogP contribution >= 0.6 is 0 Å². The van der Waals surface area contributed by atoms with Crippen LogP contribution in [0.15, 0.2) is 47.6 Å². The predicted molar refractivity (Wildman–Crippen MR) is 83.4 cm³/mol. The predicted octanol–water partition coefficient (Wildman–Crippen LogP) is 3.06. The van der Waals surface area contributed by atoms with Gasteiger partial charge >= 0.3 is 0 Å². The molecule has 0 aliphatic carbocycles. The summed E-state index contributed by atoms with van der Waals surface area (Å²) in [6.45, 7) is 1.79. The van der Waals surface area contributed by atoms with Gasteiger partial charge in [-0.2, -0.15) is 5.10 Å². The number of hydrogen-bond acceptors (Lipinski definition) is 3. The van der Waals surface area contributed by atoms with Gasteiger partial charge in [0.25, 0.3) is 5.91 Å². The number of rotatable bonds is 6. The van der Waals surface area contributed by atoms with Crippen molar-refractivity contribution in [2.24, 2.45) is 5.10 Å². The molecule has 120 valence electrons. The highest BCUT2D eigenvalue weighted by Gasteiger charge is 2.06. The van der Waals surface area contributed by atoms with E-state index in [9.17, 15) is 13.6 Å². The molecule has 0 unspecified atom stereocenters. The van der Waals surface area contributed by atoms with Crippen molar-refractivity contribution >= 4 is 12.1 Å².